The molecule has 0 saturated carbocycles. The zero-order valence-electron chi connectivity index (χ0n) is 10.7. The molecule has 2 heterocycles. The Morgan fingerprint density at radius 1 is 1.50 bits per heavy atom. The molecule has 18 heavy (non-hydrogen) atoms. The van der Waals surface area contributed by atoms with Crippen LogP contribution in [0.4, 0.5) is 11.8 Å². The molecular formula is C12H20ClN5. The highest BCUT2D eigenvalue weighted by atomic mass is 35.5. The van der Waals surface area contributed by atoms with Crippen LogP contribution in [-0.2, 0) is 0 Å². The van der Waals surface area contributed by atoms with Gasteiger partial charge in [0.15, 0.2) is 5.82 Å². The minimum atomic E-state index is 0.407. The molecule has 1 aromatic rings. The lowest BCUT2D eigenvalue weighted by molar-refractivity contribution is 0.377. The molecule has 0 atom stereocenters. The van der Waals surface area contributed by atoms with Crippen molar-refractivity contribution < 1.29 is 0 Å². The minimum Gasteiger partial charge on any atom is -0.355 e. The summed E-state index contributed by atoms with van der Waals surface area (Å²) in [4.78, 5) is 10.5. The van der Waals surface area contributed by atoms with Crippen molar-refractivity contribution in [2.24, 2.45) is 11.8 Å². The van der Waals surface area contributed by atoms with Crippen LogP contribution >= 0.6 is 11.6 Å². The van der Waals surface area contributed by atoms with Crippen molar-refractivity contribution in [1.82, 2.24) is 9.97 Å². The van der Waals surface area contributed by atoms with E-state index in [4.69, 9.17) is 17.4 Å². The Bertz CT molecular complexity index is 390. The van der Waals surface area contributed by atoms with Gasteiger partial charge in [-0.15, -0.1) is 0 Å². The molecule has 6 heteroatoms. The van der Waals surface area contributed by atoms with E-state index in [-0.39, 0.29) is 0 Å². The molecule has 1 fully saturated rings. The fourth-order valence-corrected chi connectivity index (χ4v) is 2.70. The van der Waals surface area contributed by atoms with Crippen LogP contribution in [-0.4, -0.2) is 23.1 Å². The lowest BCUT2D eigenvalue weighted by Gasteiger charge is -2.33. The molecule has 0 aliphatic carbocycles. The Labute approximate surface area is 113 Å². The maximum Gasteiger partial charge on any atom is 0.239 e. The number of nitrogens with zero attached hydrogens (tertiary/aromatic N) is 3. The first-order chi connectivity index (χ1) is 8.74. The monoisotopic (exact) mass is 269 g/mol. The van der Waals surface area contributed by atoms with Gasteiger partial charge >= 0.3 is 0 Å². The highest BCUT2D eigenvalue weighted by Crippen LogP contribution is 2.29. The Balaban J connectivity index is 2.04. The quantitative estimate of drug-likeness (QED) is 0.649. The van der Waals surface area contributed by atoms with Gasteiger partial charge in [0, 0.05) is 13.1 Å². The van der Waals surface area contributed by atoms with Gasteiger partial charge in [-0.25, -0.2) is 10.8 Å². The number of nitrogens with one attached hydrogen (secondary N) is 1. The average Bonchev–Trinajstić information content (AvgIpc) is 2.41. The van der Waals surface area contributed by atoms with E-state index in [0.29, 0.717) is 11.0 Å². The van der Waals surface area contributed by atoms with E-state index >= 15 is 0 Å². The van der Waals surface area contributed by atoms with Crippen LogP contribution in [0.15, 0.2) is 6.20 Å². The lowest BCUT2D eigenvalue weighted by Crippen LogP contribution is -2.34. The number of nitrogen functional groups attached to an aromatic ring is 1. The molecule has 1 aromatic heterocycles. The molecule has 3 N–H and O–H groups in total. The zero-order valence-corrected chi connectivity index (χ0v) is 11.5. The zero-order chi connectivity index (χ0) is 13.0. The number of rotatable bonds is 4. The molecule has 0 radical (unpaired) electrons. The summed E-state index contributed by atoms with van der Waals surface area (Å²) in [7, 11) is 0. The third kappa shape index (κ3) is 3.03. The number of anilines is 2. The largest absolute Gasteiger partial charge is 0.355 e. The molecule has 0 unspecified atom stereocenters. The first kappa shape index (κ1) is 13.4. The average molecular weight is 270 g/mol. The normalized spacial score (nSPS) is 16.9. The first-order valence-corrected chi connectivity index (χ1v) is 6.86. The topological polar surface area (TPSA) is 67.1 Å². The summed E-state index contributed by atoms with van der Waals surface area (Å²) in [6, 6.07) is 0. The SMILES string of the molecule is CCCC1CCN(c2nc(NN)ncc2Cl)CC1. The van der Waals surface area contributed by atoms with Gasteiger partial charge in [-0.05, 0) is 18.8 Å². The molecule has 2 rings (SSSR count). The van der Waals surface area contributed by atoms with Crippen LogP contribution < -0.4 is 16.2 Å². The third-order valence-electron chi connectivity index (χ3n) is 3.47. The van der Waals surface area contributed by atoms with E-state index in [9.17, 15) is 0 Å². The van der Waals surface area contributed by atoms with Gasteiger partial charge < -0.3 is 4.90 Å². The number of hydrogen-bond acceptors (Lipinski definition) is 5. The second-order valence-electron chi connectivity index (χ2n) is 4.73. The Hall–Kier alpha value is -1.07. The highest BCUT2D eigenvalue weighted by molar-refractivity contribution is 6.32. The molecule has 0 spiro atoms. The Morgan fingerprint density at radius 3 is 2.83 bits per heavy atom. The van der Waals surface area contributed by atoms with E-state index in [1.165, 1.54) is 25.7 Å². The van der Waals surface area contributed by atoms with Crippen LogP contribution in [0, 0.1) is 5.92 Å². The van der Waals surface area contributed by atoms with Crippen molar-refractivity contribution in [3.05, 3.63) is 11.2 Å². The molecule has 0 bridgehead atoms. The molecule has 0 amide bonds. The van der Waals surface area contributed by atoms with Crippen molar-refractivity contribution in [2.45, 2.75) is 32.6 Å². The predicted molar refractivity (Wildman–Crippen MR) is 74.7 cm³/mol. The fraction of sp³-hybridized carbons (Fsp3) is 0.667. The van der Waals surface area contributed by atoms with Gasteiger partial charge in [0.25, 0.3) is 0 Å². The molecular weight excluding hydrogens is 250 g/mol. The summed E-state index contributed by atoms with van der Waals surface area (Å²) < 4.78 is 0. The molecule has 5 nitrogen and oxygen atoms in total. The maximum absolute atomic E-state index is 6.15. The third-order valence-corrected chi connectivity index (χ3v) is 3.73. The van der Waals surface area contributed by atoms with E-state index in [0.717, 1.165) is 24.8 Å². The van der Waals surface area contributed by atoms with Gasteiger partial charge in [0.2, 0.25) is 5.95 Å². The van der Waals surface area contributed by atoms with Crippen LogP contribution in [0.1, 0.15) is 32.6 Å². The Morgan fingerprint density at radius 2 is 2.22 bits per heavy atom. The number of aromatic nitrogens is 2. The van der Waals surface area contributed by atoms with Gasteiger partial charge in [-0.1, -0.05) is 31.4 Å². The summed E-state index contributed by atoms with van der Waals surface area (Å²) in [6.07, 6.45) is 6.59. The van der Waals surface area contributed by atoms with Gasteiger partial charge in [-0.3, -0.25) is 5.43 Å². The van der Waals surface area contributed by atoms with Crippen LogP contribution in [0.3, 0.4) is 0 Å². The summed E-state index contributed by atoms with van der Waals surface area (Å²) in [5.41, 5.74) is 2.46. The van der Waals surface area contributed by atoms with E-state index < -0.39 is 0 Å². The van der Waals surface area contributed by atoms with Gasteiger partial charge in [-0.2, -0.15) is 4.98 Å². The number of piperidine rings is 1. The standard InChI is InChI=1S/C12H20ClN5/c1-2-3-9-4-6-18(7-5-9)11-10(13)8-15-12(16-11)17-14/h8-9H,2-7,14H2,1H3,(H,15,16,17). The summed E-state index contributed by atoms with van der Waals surface area (Å²) in [6.45, 7) is 4.25. The number of hydrazine groups is 1. The smallest absolute Gasteiger partial charge is 0.239 e. The van der Waals surface area contributed by atoms with Crippen molar-refractivity contribution in [3.8, 4) is 0 Å². The number of nitrogens with two attached hydrogens (primary N) is 1. The molecule has 1 aliphatic heterocycles. The number of hydrogen-bond donors (Lipinski definition) is 2. The minimum absolute atomic E-state index is 0.407. The fourth-order valence-electron chi connectivity index (χ4n) is 2.49. The highest BCUT2D eigenvalue weighted by Gasteiger charge is 2.21. The summed E-state index contributed by atoms with van der Waals surface area (Å²) in [5, 5.41) is 0.586. The molecule has 0 aromatic carbocycles. The van der Waals surface area contributed by atoms with Crippen molar-refractivity contribution in [1.29, 1.82) is 0 Å². The molecule has 1 aliphatic rings. The van der Waals surface area contributed by atoms with Crippen molar-refractivity contribution >= 4 is 23.4 Å². The van der Waals surface area contributed by atoms with Crippen molar-refractivity contribution in [3.63, 3.8) is 0 Å². The first-order valence-electron chi connectivity index (χ1n) is 6.48. The van der Waals surface area contributed by atoms with Crippen molar-refractivity contribution in [2.75, 3.05) is 23.4 Å². The van der Waals surface area contributed by atoms with E-state index in [1.807, 2.05) is 0 Å². The Kier molecular flexibility index (Phi) is 4.60. The van der Waals surface area contributed by atoms with Gasteiger partial charge in [0.1, 0.15) is 5.02 Å². The lowest BCUT2D eigenvalue weighted by atomic mass is 9.92. The number of halogens is 1. The predicted octanol–water partition coefficient (Wildman–Crippen LogP) is 2.43. The summed E-state index contributed by atoms with van der Waals surface area (Å²) in [5.74, 6) is 7.36. The molecule has 100 valence electrons. The van der Waals surface area contributed by atoms with E-state index in [1.54, 1.807) is 6.20 Å². The van der Waals surface area contributed by atoms with Gasteiger partial charge in [0.05, 0.1) is 6.20 Å². The second-order valence-corrected chi connectivity index (χ2v) is 5.14. The molecule has 1 saturated heterocycles. The summed E-state index contributed by atoms with van der Waals surface area (Å²) >= 11 is 6.15. The van der Waals surface area contributed by atoms with Crippen LogP contribution in [0.5, 0.6) is 0 Å². The van der Waals surface area contributed by atoms with Crippen LogP contribution in [0.2, 0.25) is 5.02 Å². The maximum atomic E-state index is 6.15. The second kappa shape index (κ2) is 6.20. The van der Waals surface area contributed by atoms with Crippen LogP contribution in [0.25, 0.3) is 0 Å². The van der Waals surface area contributed by atoms with E-state index in [2.05, 4.69) is 27.2 Å².